The normalized spacial score (nSPS) is 18.8. The zero-order chi connectivity index (χ0) is 15.3. The van der Waals surface area contributed by atoms with Crippen molar-refractivity contribution in [3.8, 4) is 0 Å². The van der Waals surface area contributed by atoms with E-state index in [1.54, 1.807) is 6.07 Å². The Hall–Kier alpha value is -0.470. The number of hydrogen-bond donors (Lipinski definition) is 2. The van der Waals surface area contributed by atoms with Crippen molar-refractivity contribution in [1.82, 2.24) is 9.62 Å². The van der Waals surface area contributed by atoms with E-state index in [1.165, 1.54) is 30.6 Å². The number of likely N-dealkylation sites (tertiary alicyclic amines) is 1. The first kappa shape index (κ1) is 16.9. The molecule has 5 nitrogen and oxygen atoms in total. The third-order valence-electron chi connectivity index (χ3n) is 3.63. The maximum atomic E-state index is 12.4. The minimum Gasteiger partial charge on any atom is -0.330 e. The molecule has 1 atom stereocenters. The highest BCUT2D eigenvalue weighted by molar-refractivity contribution is 7.91. The zero-order valence-corrected chi connectivity index (χ0v) is 14.2. The fourth-order valence-corrected chi connectivity index (χ4v) is 5.29. The number of nitrogens with zero attached hydrogens (tertiary/aromatic N) is 1. The topological polar surface area (TPSA) is 75.4 Å². The van der Waals surface area contributed by atoms with Crippen LogP contribution in [-0.4, -0.2) is 45.5 Å². The number of thiophene rings is 1. The summed E-state index contributed by atoms with van der Waals surface area (Å²) in [6.45, 7) is 5.40. The molecule has 1 aromatic rings. The van der Waals surface area contributed by atoms with Gasteiger partial charge in [-0.05, 0) is 58.0 Å². The van der Waals surface area contributed by atoms with Crippen LogP contribution in [0.5, 0.6) is 0 Å². The molecule has 1 fully saturated rings. The van der Waals surface area contributed by atoms with Crippen LogP contribution in [0.15, 0.2) is 16.3 Å². The third kappa shape index (κ3) is 5.03. The van der Waals surface area contributed by atoms with E-state index in [9.17, 15) is 8.42 Å². The maximum absolute atomic E-state index is 12.4. The summed E-state index contributed by atoms with van der Waals surface area (Å²) in [7, 11) is -3.41. The molecule has 120 valence electrons. The third-order valence-corrected chi connectivity index (χ3v) is 6.86. The van der Waals surface area contributed by atoms with E-state index in [0.717, 1.165) is 30.9 Å². The molecule has 1 aliphatic rings. The fraction of sp³-hybridized carbons (Fsp3) is 0.714. The molecule has 0 radical (unpaired) electrons. The van der Waals surface area contributed by atoms with Crippen molar-refractivity contribution in [3.63, 3.8) is 0 Å². The molecular formula is C14H25N3O2S2. The van der Waals surface area contributed by atoms with Gasteiger partial charge in [-0.1, -0.05) is 6.42 Å². The van der Waals surface area contributed by atoms with Gasteiger partial charge in [0, 0.05) is 17.5 Å². The smallest absolute Gasteiger partial charge is 0.250 e. The van der Waals surface area contributed by atoms with E-state index in [1.807, 2.05) is 13.0 Å². The summed E-state index contributed by atoms with van der Waals surface area (Å²) in [6, 6.07) is 3.45. The van der Waals surface area contributed by atoms with E-state index < -0.39 is 10.0 Å². The van der Waals surface area contributed by atoms with Gasteiger partial charge >= 0.3 is 0 Å². The monoisotopic (exact) mass is 331 g/mol. The lowest BCUT2D eigenvalue weighted by atomic mass is 10.1. The fourth-order valence-electron chi connectivity index (χ4n) is 2.67. The van der Waals surface area contributed by atoms with Gasteiger partial charge in [-0.15, -0.1) is 11.3 Å². The highest BCUT2D eigenvalue weighted by Gasteiger charge is 2.21. The summed E-state index contributed by atoms with van der Waals surface area (Å²) >= 11 is 1.31. The van der Waals surface area contributed by atoms with E-state index >= 15 is 0 Å². The lowest BCUT2D eigenvalue weighted by Crippen LogP contribution is -2.43. The average Bonchev–Trinajstić information content (AvgIpc) is 2.89. The first-order chi connectivity index (χ1) is 10.0. The summed E-state index contributed by atoms with van der Waals surface area (Å²) in [5.74, 6) is 0. The molecule has 1 unspecified atom stereocenters. The van der Waals surface area contributed by atoms with Crippen LogP contribution >= 0.6 is 11.3 Å². The van der Waals surface area contributed by atoms with Crippen molar-refractivity contribution in [2.75, 3.05) is 26.2 Å². The van der Waals surface area contributed by atoms with Crippen LogP contribution < -0.4 is 10.5 Å². The lowest BCUT2D eigenvalue weighted by Gasteiger charge is -2.29. The number of nitrogens with two attached hydrogens (primary N) is 1. The molecule has 0 aromatic carbocycles. The van der Waals surface area contributed by atoms with Crippen molar-refractivity contribution < 1.29 is 8.42 Å². The molecule has 0 spiro atoms. The second kappa shape index (κ2) is 7.69. The Balaban J connectivity index is 1.92. The molecule has 7 heteroatoms. The van der Waals surface area contributed by atoms with Crippen molar-refractivity contribution in [3.05, 3.63) is 17.0 Å². The van der Waals surface area contributed by atoms with Gasteiger partial charge in [0.15, 0.2) is 0 Å². The highest BCUT2D eigenvalue weighted by Crippen LogP contribution is 2.22. The Morgan fingerprint density at radius 2 is 2.05 bits per heavy atom. The first-order valence-electron chi connectivity index (χ1n) is 7.55. The molecule has 0 bridgehead atoms. The summed E-state index contributed by atoms with van der Waals surface area (Å²) in [5.41, 5.74) is 5.50. The highest BCUT2D eigenvalue weighted by atomic mass is 32.2. The van der Waals surface area contributed by atoms with Crippen LogP contribution in [0, 0.1) is 0 Å². The van der Waals surface area contributed by atoms with Gasteiger partial charge in [-0.3, -0.25) is 0 Å². The quantitative estimate of drug-likeness (QED) is 0.792. The van der Waals surface area contributed by atoms with Crippen molar-refractivity contribution in [2.24, 2.45) is 5.73 Å². The van der Waals surface area contributed by atoms with E-state index in [4.69, 9.17) is 5.73 Å². The molecule has 2 rings (SSSR count). The average molecular weight is 332 g/mol. The van der Waals surface area contributed by atoms with Crippen molar-refractivity contribution in [1.29, 1.82) is 0 Å². The predicted octanol–water partition coefficient (Wildman–Crippen LogP) is 1.40. The number of piperidine rings is 1. The second-order valence-corrected chi connectivity index (χ2v) is 8.75. The van der Waals surface area contributed by atoms with Gasteiger partial charge in [0.05, 0.1) is 0 Å². The zero-order valence-electron chi connectivity index (χ0n) is 12.5. The van der Waals surface area contributed by atoms with Crippen LogP contribution in [0.25, 0.3) is 0 Å². The van der Waals surface area contributed by atoms with Crippen LogP contribution in [0.3, 0.4) is 0 Å². The molecule has 2 heterocycles. The molecule has 1 aliphatic heterocycles. The Bertz CT molecular complexity index is 536. The van der Waals surface area contributed by atoms with Crippen molar-refractivity contribution >= 4 is 21.4 Å². The minimum atomic E-state index is -3.41. The largest absolute Gasteiger partial charge is 0.330 e. The molecule has 1 saturated heterocycles. The van der Waals surface area contributed by atoms with Crippen molar-refractivity contribution in [2.45, 2.75) is 42.9 Å². The van der Waals surface area contributed by atoms with E-state index in [2.05, 4.69) is 9.62 Å². The summed E-state index contributed by atoms with van der Waals surface area (Å²) < 4.78 is 27.9. The molecule has 21 heavy (non-hydrogen) atoms. The van der Waals surface area contributed by atoms with Crippen LogP contribution in [0.4, 0.5) is 0 Å². The SMILES string of the molecule is CC(CN1CCCCC1)NS(=O)(=O)c1ccc(CCN)s1. The number of nitrogens with one attached hydrogen (secondary N) is 1. The lowest BCUT2D eigenvalue weighted by molar-refractivity contribution is 0.215. The van der Waals surface area contributed by atoms with Gasteiger partial charge in [-0.2, -0.15) is 0 Å². The Labute approximate surface area is 131 Å². The van der Waals surface area contributed by atoms with Gasteiger partial charge in [0.2, 0.25) is 10.0 Å². The predicted molar refractivity (Wildman–Crippen MR) is 87.2 cm³/mol. The molecular weight excluding hydrogens is 306 g/mol. The Morgan fingerprint density at radius 1 is 1.33 bits per heavy atom. The molecule has 0 saturated carbocycles. The number of hydrogen-bond acceptors (Lipinski definition) is 5. The van der Waals surface area contributed by atoms with Gasteiger partial charge < -0.3 is 10.6 Å². The standard InChI is InChI=1S/C14H25N3O2S2/c1-12(11-17-9-3-2-4-10-17)16-21(18,19)14-6-5-13(20-14)7-8-15/h5-6,12,16H,2-4,7-11,15H2,1H3. The summed E-state index contributed by atoms with van der Waals surface area (Å²) in [6.07, 6.45) is 4.44. The Kier molecular flexibility index (Phi) is 6.19. The molecule has 0 aliphatic carbocycles. The molecule has 3 N–H and O–H groups in total. The summed E-state index contributed by atoms with van der Waals surface area (Å²) in [4.78, 5) is 3.35. The van der Waals surface area contributed by atoms with E-state index in [-0.39, 0.29) is 6.04 Å². The van der Waals surface area contributed by atoms with Crippen LogP contribution in [-0.2, 0) is 16.4 Å². The van der Waals surface area contributed by atoms with E-state index in [0.29, 0.717) is 10.8 Å². The van der Waals surface area contributed by atoms with Gasteiger partial charge in [0.1, 0.15) is 4.21 Å². The molecule has 1 aromatic heterocycles. The molecule has 0 amide bonds. The first-order valence-corrected chi connectivity index (χ1v) is 9.84. The summed E-state index contributed by atoms with van der Waals surface area (Å²) in [5, 5.41) is 0. The number of rotatable bonds is 7. The van der Waals surface area contributed by atoms with Crippen LogP contribution in [0.2, 0.25) is 0 Å². The minimum absolute atomic E-state index is 0.0758. The maximum Gasteiger partial charge on any atom is 0.250 e. The Morgan fingerprint density at radius 3 is 2.71 bits per heavy atom. The van der Waals surface area contributed by atoms with Gasteiger partial charge in [0.25, 0.3) is 0 Å². The second-order valence-electron chi connectivity index (χ2n) is 5.64. The van der Waals surface area contributed by atoms with Crippen LogP contribution in [0.1, 0.15) is 31.1 Å². The van der Waals surface area contributed by atoms with Gasteiger partial charge in [-0.25, -0.2) is 13.1 Å². The number of sulfonamides is 1.